The number of rotatable bonds is 10. The lowest BCUT2D eigenvalue weighted by Crippen LogP contribution is -2.36. The lowest BCUT2D eigenvalue weighted by Gasteiger charge is -2.32. The molecule has 0 saturated heterocycles. The molecule has 5 nitrogen and oxygen atoms in total. The summed E-state index contributed by atoms with van der Waals surface area (Å²) in [5.41, 5.74) is 1.98. The van der Waals surface area contributed by atoms with Gasteiger partial charge in [0, 0.05) is 40.6 Å². The Hall–Kier alpha value is -1.06. The van der Waals surface area contributed by atoms with Gasteiger partial charge in [-0.1, -0.05) is 93.9 Å². The largest absolute Gasteiger partial charge is 0.412 e. The number of hydrogen-bond donors (Lipinski definition) is 1. The van der Waals surface area contributed by atoms with Gasteiger partial charge in [-0.25, -0.2) is 0 Å². The van der Waals surface area contributed by atoms with Gasteiger partial charge in [-0.05, 0) is 47.5 Å². The summed E-state index contributed by atoms with van der Waals surface area (Å²) in [6, 6.07) is 18.2. The second kappa shape index (κ2) is 15.7. The summed E-state index contributed by atoms with van der Waals surface area (Å²) >= 11 is 38.0. The molecule has 4 rings (SSSR count). The molecule has 2 unspecified atom stereocenters. The zero-order valence-electron chi connectivity index (χ0n) is 19.9. The van der Waals surface area contributed by atoms with Crippen LogP contribution in [0.3, 0.4) is 0 Å². The first-order valence-electron chi connectivity index (χ1n) is 11.1. The second-order valence-electron chi connectivity index (χ2n) is 8.18. The van der Waals surface area contributed by atoms with Crippen LogP contribution in [0.15, 0.2) is 73.1 Å². The number of benzene rings is 3. The van der Waals surface area contributed by atoms with Crippen molar-refractivity contribution < 1.29 is 10.2 Å². The smallest absolute Gasteiger partial charge is 0.135 e. The van der Waals surface area contributed by atoms with Crippen LogP contribution in [0.5, 0.6) is 0 Å². The van der Waals surface area contributed by atoms with Crippen molar-refractivity contribution in [2.75, 3.05) is 25.1 Å². The summed E-state index contributed by atoms with van der Waals surface area (Å²) < 4.78 is 6.31. The van der Waals surface area contributed by atoms with E-state index in [1.54, 1.807) is 24.3 Å². The standard InChI is InChI=1S/C26H23Cl6N3O.BrH.H2O/c27-19-7-4-17(5-8-19)25(36-15-18-6-9-20(28)14-23(18)31)26(32)35-13-12-34(16-35)11-10-33-24-21(29)2-1-3-22(24)30;;/h1-9,12-14,25-26,33H,10-11,15-16H2;1H;1H2. The van der Waals surface area contributed by atoms with Crippen molar-refractivity contribution in [3.8, 4) is 0 Å². The number of alkyl halides is 1. The summed E-state index contributed by atoms with van der Waals surface area (Å²) in [5, 5.41) is 6.24. The van der Waals surface area contributed by atoms with Crippen molar-refractivity contribution in [1.29, 1.82) is 0 Å². The van der Waals surface area contributed by atoms with Crippen LogP contribution in [-0.2, 0) is 11.3 Å². The molecule has 0 bridgehead atoms. The third kappa shape index (κ3) is 8.72. The molecule has 0 aliphatic carbocycles. The van der Waals surface area contributed by atoms with Crippen LogP contribution in [0.1, 0.15) is 17.2 Å². The first kappa shape index (κ1) is 33.1. The molecule has 0 aromatic heterocycles. The monoisotopic (exact) mass is 701 g/mol. The third-order valence-electron chi connectivity index (χ3n) is 5.68. The minimum absolute atomic E-state index is 0. The van der Waals surface area contributed by atoms with Gasteiger partial charge in [0.05, 0.1) is 29.0 Å². The number of para-hydroxylation sites is 1. The second-order valence-corrected chi connectivity index (χ2v) is 10.7. The number of halogens is 7. The van der Waals surface area contributed by atoms with Gasteiger partial charge in [0.15, 0.2) is 0 Å². The minimum atomic E-state index is -0.482. The number of nitrogens with one attached hydrogen (secondary N) is 1. The summed E-state index contributed by atoms with van der Waals surface area (Å²) in [4.78, 5) is 4.16. The molecule has 0 amide bonds. The first-order chi connectivity index (χ1) is 17.3. The van der Waals surface area contributed by atoms with E-state index in [0.717, 1.165) is 23.4 Å². The molecule has 1 heterocycles. The van der Waals surface area contributed by atoms with E-state index in [1.807, 2.05) is 53.7 Å². The van der Waals surface area contributed by atoms with Crippen molar-refractivity contribution >= 4 is 92.3 Å². The number of anilines is 1. The zero-order chi connectivity index (χ0) is 25.7. The molecule has 1 aliphatic rings. The first-order valence-corrected chi connectivity index (χ1v) is 13.5. The lowest BCUT2D eigenvalue weighted by molar-refractivity contribution is 0.00697. The van der Waals surface area contributed by atoms with Crippen molar-refractivity contribution in [2.24, 2.45) is 0 Å². The van der Waals surface area contributed by atoms with E-state index in [1.165, 1.54) is 0 Å². The van der Waals surface area contributed by atoms with Crippen LogP contribution >= 0.6 is 86.6 Å². The van der Waals surface area contributed by atoms with E-state index in [4.69, 9.17) is 74.3 Å². The normalized spacial score (nSPS) is 14.1. The summed E-state index contributed by atoms with van der Waals surface area (Å²) in [5.74, 6) is 0. The van der Waals surface area contributed by atoms with Crippen molar-refractivity contribution in [1.82, 2.24) is 9.80 Å². The van der Waals surface area contributed by atoms with Crippen LogP contribution in [0, 0.1) is 0 Å². The molecule has 0 radical (unpaired) electrons. The Morgan fingerprint density at radius 1 is 0.842 bits per heavy atom. The van der Waals surface area contributed by atoms with Crippen molar-refractivity contribution in [3.05, 3.63) is 109 Å². The highest BCUT2D eigenvalue weighted by atomic mass is 79.9. The van der Waals surface area contributed by atoms with Crippen molar-refractivity contribution in [3.63, 3.8) is 0 Å². The fourth-order valence-corrected chi connectivity index (χ4v) is 5.22. The van der Waals surface area contributed by atoms with E-state index in [2.05, 4.69) is 10.2 Å². The van der Waals surface area contributed by atoms with Crippen LogP contribution in [0.25, 0.3) is 0 Å². The van der Waals surface area contributed by atoms with Crippen LogP contribution < -0.4 is 5.32 Å². The summed E-state index contributed by atoms with van der Waals surface area (Å²) in [6.45, 7) is 2.25. The Labute approximate surface area is 263 Å². The van der Waals surface area contributed by atoms with Gasteiger partial charge >= 0.3 is 0 Å². The molecular weight excluding hydrogens is 679 g/mol. The van der Waals surface area contributed by atoms with Crippen LogP contribution in [0.2, 0.25) is 25.1 Å². The predicted molar refractivity (Wildman–Crippen MR) is 167 cm³/mol. The maximum atomic E-state index is 6.98. The van der Waals surface area contributed by atoms with E-state index in [0.29, 0.717) is 38.3 Å². The van der Waals surface area contributed by atoms with Gasteiger partial charge < -0.3 is 25.3 Å². The van der Waals surface area contributed by atoms with Gasteiger partial charge in [-0.2, -0.15) is 0 Å². The molecule has 0 fully saturated rings. The molecule has 3 aromatic rings. The van der Waals surface area contributed by atoms with Gasteiger partial charge in [0.25, 0.3) is 0 Å². The van der Waals surface area contributed by atoms with Gasteiger partial charge in [-0.15, -0.1) is 17.0 Å². The average Bonchev–Trinajstić information content (AvgIpc) is 3.32. The molecule has 206 valence electrons. The molecule has 12 heteroatoms. The summed E-state index contributed by atoms with van der Waals surface area (Å²) in [6.07, 6.45) is 3.52. The fourth-order valence-electron chi connectivity index (χ4n) is 3.76. The van der Waals surface area contributed by atoms with Crippen LogP contribution in [0.4, 0.5) is 5.69 Å². The third-order valence-corrected chi connectivity index (χ3v) is 7.62. The fraction of sp³-hybridized carbons (Fsp3) is 0.231. The van der Waals surface area contributed by atoms with E-state index in [9.17, 15) is 0 Å². The minimum Gasteiger partial charge on any atom is -0.412 e. The van der Waals surface area contributed by atoms with Gasteiger partial charge in [-0.3, -0.25) is 0 Å². The summed E-state index contributed by atoms with van der Waals surface area (Å²) in [7, 11) is 0. The van der Waals surface area contributed by atoms with Gasteiger partial charge in [0.2, 0.25) is 0 Å². The molecule has 1 aliphatic heterocycles. The topological polar surface area (TPSA) is 59.2 Å². The van der Waals surface area contributed by atoms with E-state index < -0.39 is 11.6 Å². The maximum absolute atomic E-state index is 6.98. The number of ether oxygens (including phenoxy) is 1. The lowest BCUT2D eigenvalue weighted by atomic mass is 10.1. The number of hydrogen-bond acceptors (Lipinski definition) is 4. The molecular formula is C26H26BrCl6N3O2. The van der Waals surface area contributed by atoms with Crippen molar-refractivity contribution in [2.45, 2.75) is 18.2 Å². The van der Waals surface area contributed by atoms with Gasteiger partial charge in [0.1, 0.15) is 11.6 Å². The van der Waals surface area contributed by atoms with E-state index in [-0.39, 0.29) is 29.1 Å². The Balaban J connectivity index is 0.00000253. The molecule has 0 saturated carbocycles. The molecule has 3 aromatic carbocycles. The molecule has 2 atom stereocenters. The highest BCUT2D eigenvalue weighted by Crippen LogP contribution is 2.33. The molecule has 38 heavy (non-hydrogen) atoms. The van der Waals surface area contributed by atoms with E-state index >= 15 is 0 Å². The maximum Gasteiger partial charge on any atom is 0.135 e. The van der Waals surface area contributed by atoms with Crippen LogP contribution in [-0.4, -0.2) is 40.5 Å². The SMILES string of the molecule is Br.Clc1ccc(C(OCc2ccc(Cl)cc2Cl)C(Cl)N2C=CN(CCNc3c(Cl)cccc3Cl)C2)cc1.O. The highest BCUT2D eigenvalue weighted by molar-refractivity contribution is 8.93. The molecule has 3 N–H and O–H groups in total. The number of nitrogens with zero attached hydrogens (tertiary/aromatic N) is 2. The Kier molecular flexibility index (Phi) is 13.7. The Morgan fingerprint density at radius 3 is 2.16 bits per heavy atom. The quantitative estimate of drug-likeness (QED) is 0.170. The predicted octanol–water partition coefficient (Wildman–Crippen LogP) is 8.69. The Morgan fingerprint density at radius 2 is 1.50 bits per heavy atom. The zero-order valence-corrected chi connectivity index (χ0v) is 26.1. The molecule has 0 spiro atoms. The highest BCUT2D eigenvalue weighted by Gasteiger charge is 2.29. The Bertz CT molecular complexity index is 1200. The average molecular weight is 705 g/mol.